The predicted octanol–water partition coefficient (Wildman–Crippen LogP) is 3.22. The van der Waals surface area contributed by atoms with Crippen molar-refractivity contribution in [3.8, 4) is 5.75 Å². The molecule has 2 fully saturated rings. The molecule has 198 valence electrons. The second-order valence-electron chi connectivity index (χ2n) is 9.25. The van der Waals surface area contributed by atoms with Gasteiger partial charge in [0.15, 0.2) is 0 Å². The molecule has 5 rings (SSSR count). The first-order valence-corrected chi connectivity index (χ1v) is 12.4. The maximum atomic E-state index is 14.2. The molecule has 10 heteroatoms. The number of nitrogens with one attached hydrogen (secondary N) is 1. The van der Waals surface area contributed by atoms with E-state index in [1.165, 1.54) is 36.5 Å². The second kappa shape index (κ2) is 10.7. The smallest absolute Gasteiger partial charge is 0.256 e. The van der Waals surface area contributed by atoms with Gasteiger partial charge in [-0.05, 0) is 48.5 Å². The van der Waals surface area contributed by atoms with Crippen LogP contribution < -0.4 is 10.1 Å². The molecule has 0 saturated carbocycles. The Morgan fingerprint density at radius 1 is 1.03 bits per heavy atom. The minimum Gasteiger partial charge on any atom is -0.497 e. The van der Waals surface area contributed by atoms with Gasteiger partial charge in [-0.25, -0.2) is 4.39 Å². The summed E-state index contributed by atoms with van der Waals surface area (Å²) in [4.78, 5) is 43.1. The highest BCUT2D eigenvalue weighted by Crippen LogP contribution is 2.39. The Hall–Kier alpha value is -4.18. The number of furan rings is 1. The number of methoxy groups -OCH3 is 1. The van der Waals surface area contributed by atoms with E-state index in [9.17, 15) is 18.8 Å². The van der Waals surface area contributed by atoms with Crippen LogP contribution in [0.1, 0.15) is 39.3 Å². The van der Waals surface area contributed by atoms with E-state index in [1.54, 1.807) is 47.4 Å². The third-order valence-electron chi connectivity index (χ3n) is 7.07. The van der Waals surface area contributed by atoms with Crippen LogP contribution in [-0.2, 0) is 16.1 Å². The third-order valence-corrected chi connectivity index (χ3v) is 7.07. The molecule has 2 aliphatic rings. The summed E-state index contributed by atoms with van der Waals surface area (Å²) < 4.78 is 30.9. The number of rotatable bonds is 6. The monoisotopic (exact) mass is 521 g/mol. The average Bonchev–Trinajstić information content (AvgIpc) is 3.60. The van der Waals surface area contributed by atoms with Crippen LogP contribution in [-0.4, -0.2) is 66.1 Å². The SMILES string of the molecule is COc1ccc(C(=O)N2C(C(=O)NCc3ccco3)COC23CCN(C(=O)c2ccccc2F)CC3)cc1. The highest BCUT2D eigenvalue weighted by Gasteiger charge is 2.54. The van der Waals surface area contributed by atoms with E-state index in [1.807, 2.05) is 0 Å². The van der Waals surface area contributed by atoms with Crippen molar-refractivity contribution in [3.05, 3.63) is 89.6 Å². The van der Waals surface area contributed by atoms with Crippen molar-refractivity contribution in [1.29, 1.82) is 0 Å². The van der Waals surface area contributed by atoms with Gasteiger partial charge in [-0.1, -0.05) is 12.1 Å². The fourth-order valence-corrected chi connectivity index (χ4v) is 5.01. The Morgan fingerprint density at radius 3 is 2.42 bits per heavy atom. The van der Waals surface area contributed by atoms with Crippen LogP contribution in [0.5, 0.6) is 5.75 Å². The van der Waals surface area contributed by atoms with Crippen LogP contribution >= 0.6 is 0 Å². The molecular weight excluding hydrogens is 493 g/mol. The lowest BCUT2D eigenvalue weighted by Crippen LogP contribution is -2.59. The van der Waals surface area contributed by atoms with Crippen LogP contribution in [0.3, 0.4) is 0 Å². The van der Waals surface area contributed by atoms with Crippen LogP contribution in [0.15, 0.2) is 71.3 Å². The van der Waals surface area contributed by atoms with Gasteiger partial charge in [0.05, 0.1) is 32.1 Å². The lowest BCUT2D eigenvalue weighted by Gasteiger charge is -2.44. The number of hydrogen-bond acceptors (Lipinski definition) is 6. The summed E-state index contributed by atoms with van der Waals surface area (Å²) in [6.45, 7) is 0.651. The number of nitrogens with zero attached hydrogens (tertiary/aromatic N) is 2. The predicted molar refractivity (Wildman–Crippen MR) is 134 cm³/mol. The summed E-state index contributed by atoms with van der Waals surface area (Å²) in [5, 5.41) is 2.83. The van der Waals surface area contributed by atoms with E-state index < -0.39 is 23.5 Å². The normalized spacial score (nSPS) is 18.4. The topological polar surface area (TPSA) is 101 Å². The van der Waals surface area contributed by atoms with Crippen LogP contribution in [0.4, 0.5) is 4.39 Å². The quantitative estimate of drug-likeness (QED) is 0.535. The molecule has 1 spiro atoms. The number of benzene rings is 2. The largest absolute Gasteiger partial charge is 0.497 e. The van der Waals surface area contributed by atoms with Crippen molar-refractivity contribution in [2.24, 2.45) is 0 Å². The second-order valence-corrected chi connectivity index (χ2v) is 9.25. The third kappa shape index (κ3) is 4.87. The zero-order chi connectivity index (χ0) is 26.7. The van der Waals surface area contributed by atoms with E-state index in [0.717, 1.165) is 0 Å². The molecule has 0 bridgehead atoms. The number of halogens is 1. The van der Waals surface area contributed by atoms with Gasteiger partial charge in [0.25, 0.3) is 11.8 Å². The molecule has 0 aliphatic carbocycles. The summed E-state index contributed by atoms with van der Waals surface area (Å²) in [5.41, 5.74) is -0.711. The van der Waals surface area contributed by atoms with Crippen molar-refractivity contribution in [2.75, 3.05) is 26.8 Å². The maximum absolute atomic E-state index is 14.2. The van der Waals surface area contributed by atoms with Crippen molar-refractivity contribution in [2.45, 2.75) is 31.2 Å². The summed E-state index contributed by atoms with van der Waals surface area (Å²) in [5.74, 6) is -0.556. The number of ether oxygens (including phenoxy) is 2. The molecule has 3 aromatic rings. The number of carbonyl (C=O) groups is 3. The van der Waals surface area contributed by atoms with Crippen LogP contribution in [0, 0.1) is 5.82 Å². The van der Waals surface area contributed by atoms with Crippen molar-refractivity contribution >= 4 is 17.7 Å². The van der Waals surface area contributed by atoms with Gasteiger partial charge in [0.2, 0.25) is 5.91 Å². The van der Waals surface area contributed by atoms with Gasteiger partial charge < -0.3 is 24.1 Å². The highest BCUT2D eigenvalue weighted by atomic mass is 19.1. The summed E-state index contributed by atoms with van der Waals surface area (Å²) in [7, 11) is 1.54. The molecule has 3 amide bonds. The first-order chi connectivity index (χ1) is 18.4. The fourth-order valence-electron chi connectivity index (χ4n) is 5.01. The van der Waals surface area contributed by atoms with Gasteiger partial charge in [0.1, 0.15) is 29.1 Å². The Kier molecular flexibility index (Phi) is 7.15. The average molecular weight is 522 g/mol. The van der Waals surface area contributed by atoms with Gasteiger partial charge in [0, 0.05) is 31.5 Å². The molecule has 1 N–H and O–H groups in total. The van der Waals surface area contributed by atoms with E-state index in [2.05, 4.69) is 5.32 Å². The highest BCUT2D eigenvalue weighted by molar-refractivity contribution is 5.99. The number of amides is 3. The first-order valence-electron chi connectivity index (χ1n) is 12.4. The van der Waals surface area contributed by atoms with E-state index in [4.69, 9.17) is 13.9 Å². The zero-order valence-corrected chi connectivity index (χ0v) is 20.9. The molecule has 0 radical (unpaired) electrons. The molecule has 1 aromatic heterocycles. The summed E-state index contributed by atoms with van der Waals surface area (Å²) in [6, 6.07) is 15.1. The molecule has 3 heterocycles. The van der Waals surface area contributed by atoms with Crippen molar-refractivity contribution in [3.63, 3.8) is 0 Å². The molecule has 2 aromatic carbocycles. The number of likely N-dealkylation sites (tertiary alicyclic amines) is 1. The summed E-state index contributed by atoms with van der Waals surface area (Å²) >= 11 is 0. The van der Waals surface area contributed by atoms with Gasteiger partial charge in [-0.3, -0.25) is 19.3 Å². The minimum absolute atomic E-state index is 0.00265. The van der Waals surface area contributed by atoms with E-state index in [-0.39, 0.29) is 56.5 Å². The van der Waals surface area contributed by atoms with Crippen LogP contribution in [0.2, 0.25) is 0 Å². The van der Waals surface area contributed by atoms with Crippen LogP contribution in [0.25, 0.3) is 0 Å². The maximum Gasteiger partial charge on any atom is 0.256 e. The molecular formula is C28H28FN3O6. The number of piperidine rings is 1. The molecule has 2 aliphatic heterocycles. The van der Waals surface area contributed by atoms with Crippen molar-refractivity contribution < 1.29 is 32.7 Å². The Bertz CT molecular complexity index is 1300. The lowest BCUT2D eigenvalue weighted by molar-refractivity contribution is -0.128. The van der Waals surface area contributed by atoms with E-state index in [0.29, 0.717) is 17.1 Å². The standard InChI is InChI=1S/C28H28FN3O6/c1-36-20-10-8-19(9-11-20)26(34)32-24(25(33)30-17-21-5-4-16-37-21)18-38-28(32)12-14-31(15-13-28)27(35)22-6-2-3-7-23(22)29/h2-11,16,24H,12-15,17-18H2,1H3,(H,30,33). The Morgan fingerprint density at radius 2 is 1.76 bits per heavy atom. The van der Waals surface area contributed by atoms with Gasteiger partial charge >= 0.3 is 0 Å². The number of hydrogen-bond donors (Lipinski definition) is 1. The van der Waals surface area contributed by atoms with Gasteiger partial charge in [-0.15, -0.1) is 0 Å². The molecule has 9 nitrogen and oxygen atoms in total. The molecule has 1 atom stereocenters. The fraction of sp³-hybridized carbons (Fsp3) is 0.321. The lowest BCUT2D eigenvalue weighted by atomic mass is 9.96. The Balaban J connectivity index is 1.37. The molecule has 2 saturated heterocycles. The zero-order valence-electron chi connectivity index (χ0n) is 20.9. The number of carbonyl (C=O) groups excluding carboxylic acids is 3. The first kappa shape index (κ1) is 25.5. The molecule has 38 heavy (non-hydrogen) atoms. The minimum atomic E-state index is -1.09. The van der Waals surface area contributed by atoms with Gasteiger partial charge in [-0.2, -0.15) is 0 Å². The van der Waals surface area contributed by atoms with Crippen molar-refractivity contribution in [1.82, 2.24) is 15.1 Å². The Labute approximate surface area is 219 Å². The summed E-state index contributed by atoms with van der Waals surface area (Å²) in [6.07, 6.45) is 2.07. The molecule has 1 unspecified atom stereocenters. The van der Waals surface area contributed by atoms with E-state index >= 15 is 0 Å².